The molecular weight excluding hydrogens is 234 g/mol. The fourth-order valence-corrected chi connectivity index (χ4v) is 2.65. The van der Waals surface area contributed by atoms with Crippen LogP contribution in [-0.4, -0.2) is 29.1 Å². The summed E-state index contributed by atoms with van der Waals surface area (Å²) in [6.07, 6.45) is 1.90. The highest BCUT2D eigenvalue weighted by Gasteiger charge is 2.20. The third-order valence-corrected chi connectivity index (χ3v) is 3.65. The highest BCUT2D eigenvalue weighted by Crippen LogP contribution is 2.18. The summed E-state index contributed by atoms with van der Waals surface area (Å²) >= 11 is 0. The number of nitrogens with zero attached hydrogens (tertiary/aromatic N) is 1. The number of hydrogen-bond donors (Lipinski definition) is 1. The largest absolute Gasteiger partial charge is 0.387 e. The lowest BCUT2D eigenvalue weighted by Crippen LogP contribution is -2.40. The van der Waals surface area contributed by atoms with Crippen molar-refractivity contribution < 1.29 is 5.11 Å². The van der Waals surface area contributed by atoms with E-state index in [0.29, 0.717) is 12.0 Å². The highest BCUT2D eigenvalue weighted by molar-refractivity contribution is 5.17. The monoisotopic (exact) mass is 263 g/mol. The summed E-state index contributed by atoms with van der Waals surface area (Å²) in [5.41, 5.74) is 1.02. The van der Waals surface area contributed by atoms with Crippen LogP contribution in [0.5, 0.6) is 0 Å². The molecular formula is C17H29NO. The molecule has 19 heavy (non-hydrogen) atoms. The molecule has 1 aromatic rings. The van der Waals surface area contributed by atoms with E-state index in [1.54, 1.807) is 0 Å². The second-order valence-corrected chi connectivity index (χ2v) is 5.74. The molecule has 0 heterocycles. The zero-order valence-electron chi connectivity index (χ0n) is 12.8. The quantitative estimate of drug-likeness (QED) is 0.769. The van der Waals surface area contributed by atoms with Crippen LogP contribution in [-0.2, 0) is 0 Å². The molecule has 0 spiro atoms. The third kappa shape index (κ3) is 5.33. The molecule has 0 aliphatic rings. The van der Waals surface area contributed by atoms with E-state index in [0.717, 1.165) is 31.5 Å². The van der Waals surface area contributed by atoms with Crippen LogP contribution in [0.15, 0.2) is 30.3 Å². The van der Waals surface area contributed by atoms with Gasteiger partial charge in [-0.05, 0) is 24.3 Å². The van der Waals surface area contributed by atoms with Crippen LogP contribution in [0.4, 0.5) is 0 Å². The molecule has 0 saturated heterocycles. The normalized spacial score (nSPS) is 13.5. The van der Waals surface area contributed by atoms with E-state index in [4.69, 9.17) is 0 Å². The van der Waals surface area contributed by atoms with Gasteiger partial charge < -0.3 is 5.11 Å². The predicted octanol–water partition coefficient (Wildman–Crippen LogP) is 3.87. The van der Waals surface area contributed by atoms with Crippen molar-refractivity contribution in [2.45, 2.75) is 52.7 Å². The van der Waals surface area contributed by atoms with Gasteiger partial charge in [0.05, 0.1) is 6.10 Å². The molecule has 1 atom stereocenters. The first-order valence-electron chi connectivity index (χ1n) is 7.55. The van der Waals surface area contributed by atoms with Gasteiger partial charge in [0, 0.05) is 19.1 Å². The van der Waals surface area contributed by atoms with E-state index in [-0.39, 0.29) is 6.10 Å². The zero-order chi connectivity index (χ0) is 14.3. The maximum atomic E-state index is 10.4. The maximum Gasteiger partial charge on any atom is 0.0917 e. The maximum absolute atomic E-state index is 10.4. The molecule has 108 valence electrons. The molecule has 0 fully saturated rings. The number of aliphatic hydroxyl groups excluding tert-OH is 1. The molecule has 2 heteroatoms. The molecule has 1 aromatic carbocycles. The first kappa shape index (κ1) is 16.2. The Morgan fingerprint density at radius 3 is 2.05 bits per heavy atom. The SMILES string of the molecule is CCC(CC)N(CC(C)C)CC(O)c1ccccc1. The Labute approximate surface area is 118 Å². The zero-order valence-corrected chi connectivity index (χ0v) is 12.8. The van der Waals surface area contributed by atoms with Gasteiger partial charge in [-0.3, -0.25) is 4.90 Å². The van der Waals surface area contributed by atoms with Crippen molar-refractivity contribution in [1.82, 2.24) is 4.90 Å². The van der Waals surface area contributed by atoms with Gasteiger partial charge in [-0.15, -0.1) is 0 Å². The fourth-order valence-electron chi connectivity index (χ4n) is 2.65. The van der Waals surface area contributed by atoms with Crippen molar-refractivity contribution in [3.63, 3.8) is 0 Å². The van der Waals surface area contributed by atoms with Gasteiger partial charge in [0.15, 0.2) is 0 Å². The van der Waals surface area contributed by atoms with Gasteiger partial charge in [-0.25, -0.2) is 0 Å². The molecule has 0 aliphatic carbocycles. The van der Waals surface area contributed by atoms with Crippen LogP contribution in [0.3, 0.4) is 0 Å². The van der Waals surface area contributed by atoms with Crippen molar-refractivity contribution in [2.75, 3.05) is 13.1 Å². The summed E-state index contributed by atoms with van der Waals surface area (Å²) in [6.45, 7) is 10.7. The Balaban J connectivity index is 2.71. The molecule has 0 amide bonds. The predicted molar refractivity (Wildman–Crippen MR) is 82.2 cm³/mol. The summed E-state index contributed by atoms with van der Waals surface area (Å²) < 4.78 is 0. The third-order valence-electron chi connectivity index (χ3n) is 3.65. The summed E-state index contributed by atoms with van der Waals surface area (Å²) in [6, 6.07) is 10.5. The summed E-state index contributed by atoms with van der Waals surface area (Å²) in [4.78, 5) is 2.45. The Morgan fingerprint density at radius 2 is 1.58 bits per heavy atom. The molecule has 2 nitrogen and oxygen atoms in total. The Kier molecular flexibility index (Phi) is 7.11. The van der Waals surface area contributed by atoms with Gasteiger partial charge in [0.1, 0.15) is 0 Å². The molecule has 0 bridgehead atoms. The minimum absolute atomic E-state index is 0.388. The fraction of sp³-hybridized carbons (Fsp3) is 0.647. The average molecular weight is 263 g/mol. The standard InChI is InChI=1S/C17H29NO/c1-5-16(6-2)18(12-14(3)4)13-17(19)15-10-8-7-9-11-15/h7-11,14,16-17,19H,5-6,12-13H2,1-4H3. The van der Waals surface area contributed by atoms with Crippen LogP contribution in [0, 0.1) is 5.92 Å². The van der Waals surface area contributed by atoms with E-state index in [1.807, 2.05) is 30.3 Å². The first-order valence-corrected chi connectivity index (χ1v) is 7.55. The molecule has 0 radical (unpaired) electrons. The van der Waals surface area contributed by atoms with Gasteiger partial charge in [-0.1, -0.05) is 58.0 Å². The number of benzene rings is 1. The minimum Gasteiger partial charge on any atom is -0.387 e. The second kappa shape index (κ2) is 8.34. The van der Waals surface area contributed by atoms with Crippen molar-refractivity contribution in [3.8, 4) is 0 Å². The van der Waals surface area contributed by atoms with E-state index in [9.17, 15) is 5.11 Å². The minimum atomic E-state index is -0.388. The lowest BCUT2D eigenvalue weighted by atomic mass is 10.0. The van der Waals surface area contributed by atoms with Crippen LogP contribution in [0.1, 0.15) is 52.2 Å². The lowest BCUT2D eigenvalue weighted by molar-refractivity contribution is 0.0751. The summed E-state index contributed by atoms with van der Waals surface area (Å²) in [7, 11) is 0. The van der Waals surface area contributed by atoms with Crippen LogP contribution < -0.4 is 0 Å². The topological polar surface area (TPSA) is 23.5 Å². The van der Waals surface area contributed by atoms with E-state index >= 15 is 0 Å². The Hall–Kier alpha value is -0.860. The molecule has 1 rings (SSSR count). The van der Waals surface area contributed by atoms with Gasteiger partial charge >= 0.3 is 0 Å². The smallest absolute Gasteiger partial charge is 0.0917 e. The molecule has 0 saturated carbocycles. The molecule has 0 aromatic heterocycles. The second-order valence-electron chi connectivity index (χ2n) is 5.74. The van der Waals surface area contributed by atoms with Crippen molar-refractivity contribution in [2.24, 2.45) is 5.92 Å². The van der Waals surface area contributed by atoms with Crippen molar-refractivity contribution in [1.29, 1.82) is 0 Å². The van der Waals surface area contributed by atoms with Gasteiger partial charge in [-0.2, -0.15) is 0 Å². The molecule has 0 aliphatic heterocycles. The highest BCUT2D eigenvalue weighted by atomic mass is 16.3. The molecule has 1 N–H and O–H groups in total. The van der Waals surface area contributed by atoms with Crippen LogP contribution in [0.2, 0.25) is 0 Å². The summed E-state index contributed by atoms with van der Waals surface area (Å²) in [5.74, 6) is 0.628. The van der Waals surface area contributed by atoms with Crippen molar-refractivity contribution >= 4 is 0 Å². The van der Waals surface area contributed by atoms with E-state index in [2.05, 4.69) is 32.6 Å². The number of aliphatic hydroxyl groups is 1. The lowest BCUT2D eigenvalue weighted by Gasteiger charge is -2.33. The average Bonchev–Trinajstić information content (AvgIpc) is 2.40. The van der Waals surface area contributed by atoms with Crippen LogP contribution >= 0.6 is 0 Å². The molecule has 1 unspecified atom stereocenters. The number of hydrogen-bond acceptors (Lipinski definition) is 2. The number of rotatable bonds is 8. The Morgan fingerprint density at radius 1 is 1.00 bits per heavy atom. The van der Waals surface area contributed by atoms with Gasteiger partial charge in [0.25, 0.3) is 0 Å². The van der Waals surface area contributed by atoms with E-state index in [1.165, 1.54) is 0 Å². The van der Waals surface area contributed by atoms with E-state index < -0.39 is 0 Å². The first-order chi connectivity index (χ1) is 9.08. The van der Waals surface area contributed by atoms with Gasteiger partial charge in [0.2, 0.25) is 0 Å². The summed E-state index contributed by atoms with van der Waals surface area (Å²) in [5, 5.41) is 10.4. The van der Waals surface area contributed by atoms with Crippen LogP contribution in [0.25, 0.3) is 0 Å². The van der Waals surface area contributed by atoms with Crippen molar-refractivity contribution in [3.05, 3.63) is 35.9 Å². The Bertz CT molecular complexity index is 332.